The molecular formula is C47H51N5O4. The summed E-state index contributed by atoms with van der Waals surface area (Å²) in [4.78, 5) is 23.8. The molecule has 0 saturated heterocycles. The van der Waals surface area contributed by atoms with Crippen molar-refractivity contribution in [2.24, 2.45) is 0 Å². The molecule has 1 aromatic carbocycles. The van der Waals surface area contributed by atoms with Gasteiger partial charge in [-0.25, -0.2) is 4.98 Å². The molecule has 9 nitrogen and oxygen atoms in total. The van der Waals surface area contributed by atoms with Gasteiger partial charge in [-0.1, -0.05) is 70.4 Å². The molecule has 11 rings (SSSR count). The van der Waals surface area contributed by atoms with Crippen LogP contribution in [0.5, 0.6) is 23.0 Å². The normalized spacial score (nSPS) is 15.1. The first-order valence-corrected chi connectivity index (χ1v) is 20.2. The second kappa shape index (κ2) is 20.2. The van der Waals surface area contributed by atoms with Crippen LogP contribution in [0.3, 0.4) is 0 Å². The quantitative estimate of drug-likeness (QED) is 0.148. The molecule has 9 heteroatoms. The molecule has 8 bridgehead atoms. The first-order chi connectivity index (χ1) is 27.7. The van der Waals surface area contributed by atoms with Crippen LogP contribution in [0.25, 0.3) is 45.3 Å². The van der Waals surface area contributed by atoms with Gasteiger partial charge in [0.1, 0.15) is 28.7 Å². The largest absolute Gasteiger partial charge is 0.492 e. The fourth-order valence-corrected chi connectivity index (χ4v) is 6.80. The Kier molecular flexibility index (Phi) is 13.9. The predicted molar refractivity (Wildman–Crippen MR) is 221 cm³/mol. The lowest BCUT2D eigenvalue weighted by Crippen LogP contribution is -2.24. The van der Waals surface area contributed by atoms with E-state index < -0.39 is 6.29 Å². The number of benzene rings is 1. The maximum absolute atomic E-state index is 6.77. The lowest BCUT2D eigenvalue weighted by Gasteiger charge is -2.23. The molecule has 0 saturated carbocycles. The summed E-state index contributed by atoms with van der Waals surface area (Å²) in [6.07, 6.45) is 19.5. The van der Waals surface area contributed by atoms with Crippen molar-refractivity contribution < 1.29 is 18.9 Å². The van der Waals surface area contributed by atoms with Crippen LogP contribution in [0.15, 0.2) is 116 Å². The molecule has 5 aliphatic heterocycles. The number of pyridine rings is 5. The Morgan fingerprint density at radius 3 is 1.98 bits per heavy atom. The van der Waals surface area contributed by atoms with E-state index in [0.29, 0.717) is 31.1 Å². The van der Waals surface area contributed by atoms with E-state index in [1.165, 1.54) is 19.3 Å². The maximum atomic E-state index is 6.77. The zero-order valence-electron chi connectivity index (χ0n) is 32.3. The van der Waals surface area contributed by atoms with Crippen molar-refractivity contribution in [3.05, 3.63) is 116 Å². The second-order valence-corrected chi connectivity index (χ2v) is 14.1. The van der Waals surface area contributed by atoms with Crippen molar-refractivity contribution in [3.8, 4) is 68.3 Å². The average Bonchev–Trinajstić information content (AvgIpc) is 3.25. The van der Waals surface area contributed by atoms with E-state index >= 15 is 0 Å². The highest BCUT2D eigenvalue weighted by atomic mass is 16.7. The molecule has 0 N–H and O–H groups in total. The summed E-state index contributed by atoms with van der Waals surface area (Å²) >= 11 is 0. The number of unbranched alkanes of at least 4 members (excludes halogenated alkanes) is 4. The van der Waals surface area contributed by atoms with E-state index in [9.17, 15) is 0 Å². The molecule has 0 aliphatic carbocycles. The van der Waals surface area contributed by atoms with Gasteiger partial charge < -0.3 is 18.9 Å². The minimum Gasteiger partial charge on any atom is -0.492 e. The monoisotopic (exact) mass is 749 g/mol. The van der Waals surface area contributed by atoms with Crippen molar-refractivity contribution in [1.82, 2.24) is 24.9 Å². The Bertz CT molecular complexity index is 2090. The molecule has 1 atom stereocenters. The van der Waals surface area contributed by atoms with Gasteiger partial charge in [0.05, 0.1) is 54.1 Å². The first kappa shape index (κ1) is 38.4. The van der Waals surface area contributed by atoms with E-state index in [2.05, 4.69) is 18.0 Å². The first-order valence-electron chi connectivity index (χ1n) is 20.2. The van der Waals surface area contributed by atoms with Crippen LogP contribution in [0.4, 0.5) is 0 Å². The highest BCUT2D eigenvalue weighted by Crippen LogP contribution is 2.37. The fourth-order valence-electron chi connectivity index (χ4n) is 6.80. The molecule has 0 fully saturated rings. The van der Waals surface area contributed by atoms with Crippen LogP contribution in [-0.4, -0.2) is 44.4 Å². The number of ether oxygens (including phenoxy) is 4. The van der Waals surface area contributed by atoms with Crippen LogP contribution in [0.2, 0.25) is 0 Å². The third-order valence-corrected chi connectivity index (χ3v) is 9.85. The summed E-state index contributed by atoms with van der Waals surface area (Å²) < 4.78 is 25.7. The summed E-state index contributed by atoms with van der Waals surface area (Å²) in [6, 6.07) is 29.6. The van der Waals surface area contributed by atoms with Gasteiger partial charge in [-0.3, -0.25) is 19.9 Å². The van der Waals surface area contributed by atoms with E-state index in [1.54, 1.807) is 18.6 Å². The number of hydrogen-bond acceptors (Lipinski definition) is 9. The van der Waals surface area contributed by atoms with Crippen LogP contribution >= 0.6 is 0 Å². The molecule has 288 valence electrons. The van der Waals surface area contributed by atoms with Gasteiger partial charge in [0.2, 0.25) is 6.29 Å². The molecule has 5 aromatic heterocycles. The fraction of sp³-hybridized carbons (Fsp3) is 0.340. The van der Waals surface area contributed by atoms with Gasteiger partial charge in [0.15, 0.2) is 0 Å². The molecular weight excluding hydrogens is 699 g/mol. The molecule has 10 heterocycles. The maximum Gasteiger partial charge on any atom is 0.241 e. The predicted octanol–water partition coefficient (Wildman–Crippen LogP) is 11.6. The smallest absolute Gasteiger partial charge is 0.241 e. The summed E-state index contributed by atoms with van der Waals surface area (Å²) in [7, 11) is 0. The molecule has 56 heavy (non-hydrogen) atoms. The van der Waals surface area contributed by atoms with Crippen LogP contribution in [0, 0.1) is 0 Å². The zero-order chi connectivity index (χ0) is 38.2. The summed E-state index contributed by atoms with van der Waals surface area (Å²) in [5.41, 5.74) is 6.41. The minimum atomic E-state index is -0.550. The van der Waals surface area contributed by atoms with Gasteiger partial charge in [-0.2, -0.15) is 0 Å². The van der Waals surface area contributed by atoms with Gasteiger partial charge in [-0.15, -0.1) is 0 Å². The number of aromatic nitrogens is 5. The Labute approximate surface area is 330 Å². The van der Waals surface area contributed by atoms with Crippen molar-refractivity contribution >= 4 is 0 Å². The highest BCUT2D eigenvalue weighted by molar-refractivity contribution is 5.77. The standard InChI is InChI=1S/C47H51N5O4/c1-2-3-4-7-10-21-46-55-37-24-26-41(51-34-37)43-19-15-18-42(52-43)40-25-23-36(33-50-40)53-30-13-8-5-6-9-14-31-54-45-20-16-29-49-47(45)35-22-27-44(56-46)38(32-35)39-17-11-12-28-48-39/h11-12,15-20,22-29,32-34,46H,2-10,13-14,21,30-31H2,1H3. The van der Waals surface area contributed by atoms with E-state index in [-0.39, 0.29) is 0 Å². The number of rotatable bonds is 7. The molecule has 0 spiro atoms. The van der Waals surface area contributed by atoms with Gasteiger partial charge in [0, 0.05) is 29.9 Å². The average molecular weight is 750 g/mol. The molecule has 0 amide bonds. The minimum absolute atomic E-state index is 0.550. The molecule has 6 aromatic rings. The molecule has 0 radical (unpaired) electrons. The number of fused-ring (bicyclic) bond motifs is 1. The van der Waals surface area contributed by atoms with E-state index in [0.717, 1.165) is 108 Å². The van der Waals surface area contributed by atoms with Gasteiger partial charge in [-0.05, 0) is 98.1 Å². The van der Waals surface area contributed by atoms with Crippen molar-refractivity contribution in [2.75, 3.05) is 13.2 Å². The lowest BCUT2D eigenvalue weighted by molar-refractivity contribution is -0.00228. The van der Waals surface area contributed by atoms with Gasteiger partial charge in [0.25, 0.3) is 0 Å². The topological polar surface area (TPSA) is 101 Å². The number of hydrogen-bond donors (Lipinski definition) is 0. The third-order valence-electron chi connectivity index (χ3n) is 9.85. The molecule has 5 aliphatic rings. The van der Waals surface area contributed by atoms with Crippen LogP contribution < -0.4 is 18.9 Å². The SMILES string of the molecule is CCCCCCCC1Oc2ccc(nc2)-c2cccc(n2)-c2ccc(cn2)OCCCCCCCCOc2cccnc2-c2ccc(c(-c3ccccn3)c2)O1. The van der Waals surface area contributed by atoms with E-state index in [4.69, 9.17) is 38.9 Å². The Morgan fingerprint density at radius 2 is 1.25 bits per heavy atom. The summed E-state index contributed by atoms with van der Waals surface area (Å²) in [5, 5.41) is 0. The van der Waals surface area contributed by atoms with Crippen LogP contribution in [-0.2, 0) is 0 Å². The Hall–Kier alpha value is -5.83. The zero-order valence-corrected chi connectivity index (χ0v) is 32.3. The molecule has 1 unspecified atom stereocenters. The van der Waals surface area contributed by atoms with E-state index in [1.807, 2.05) is 91.1 Å². The summed E-state index contributed by atoms with van der Waals surface area (Å²) in [5.74, 6) is 2.83. The van der Waals surface area contributed by atoms with Crippen molar-refractivity contribution in [3.63, 3.8) is 0 Å². The summed E-state index contributed by atoms with van der Waals surface area (Å²) in [6.45, 7) is 3.53. The second-order valence-electron chi connectivity index (χ2n) is 14.1. The van der Waals surface area contributed by atoms with Crippen LogP contribution in [0.1, 0.15) is 84.0 Å². The lowest BCUT2D eigenvalue weighted by atomic mass is 10.0. The van der Waals surface area contributed by atoms with Crippen molar-refractivity contribution in [1.29, 1.82) is 0 Å². The Morgan fingerprint density at radius 1 is 0.536 bits per heavy atom. The van der Waals surface area contributed by atoms with Crippen molar-refractivity contribution in [2.45, 2.75) is 90.3 Å². The third kappa shape index (κ3) is 10.7. The number of nitrogens with zero attached hydrogens (tertiary/aromatic N) is 5. The highest BCUT2D eigenvalue weighted by Gasteiger charge is 2.19. The van der Waals surface area contributed by atoms with Gasteiger partial charge >= 0.3 is 0 Å². The Balaban J connectivity index is 1.19.